The number of nitriles is 1. The second-order valence-electron chi connectivity index (χ2n) is 4.97. The minimum absolute atomic E-state index is 0.0321. The third kappa shape index (κ3) is 2.38. The number of hydrogen-bond donors (Lipinski definition) is 0. The van der Waals surface area contributed by atoms with Crippen molar-refractivity contribution in [3.8, 4) is 6.07 Å². The highest BCUT2D eigenvalue weighted by Crippen LogP contribution is 2.34. The van der Waals surface area contributed by atoms with Gasteiger partial charge in [0.1, 0.15) is 5.54 Å². The maximum Gasteiger partial charge on any atom is 0.228 e. The first-order valence-electron chi connectivity index (χ1n) is 6.40. The van der Waals surface area contributed by atoms with Gasteiger partial charge in [-0.1, -0.05) is 30.3 Å². The molecule has 2 rings (SSSR count). The average molecular weight is 242 g/mol. The quantitative estimate of drug-likeness (QED) is 0.817. The Hall–Kier alpha value is -1.82. The standard InChI is InChI=1S/C15H18N2O/c1-17(15(12-16)9-5-6-10-15)14(18)11-13-7-3-2-4-8-13/h2-4,7-8H,5-6,9-11H2,1H3. The number of amides is 1. The first-order chi connectivity index (χ1) is 8.68. The van der Waals surface area contributed by atoms with Crippen LogP contribution >= 0.6 is 0 Å². The zero-order valence-electron chi connectivity index (χ0n) is 10.7. The molecular weight excluding hydrogens is 224 g/mol. The van der Waals surface area contributed by atoms with E-state index < -0.39 is 5.54 Å². The van der Waals surface area contributed by atoms with Crippen LogP contribution in [-0.2, 0) is 11.2 Å². The Morgan fingerprint density at radius 3 is 2.50 bits per heavy atom. The summed E-state index contributed by atoms with van der Waals surface area (Å²) in [4.78, 5) is 13.9. The van der Waals surface area contributed by atoms with Gasteiger partial charge in [-0.05, 0) is 31.2 Å². The minimum Gasteiger partial charge on any atom is -0.327 e. The molecule has 1 aliphatic carbocycles. The zero-order chi connectivity index (χ0) is 13.0. The van der Waals surface area contributed by atoms with Gasteiger partial charge in [0, 0.05) is 7.05 Å². The Balaban J connectivity index is 2.07. The molecule has 1 amide bonds. The molecule has 0 spiro atoms. The monoisotopic (exact) mass is 242 g/mol. The van der Waals surface area contributed by atoms with E-state index in [0.29, 0.717) is 6.42 Å². The van der Waals surface area contributed by atoms with E-state index in [1.165, 1.54) is 0 Å². The zero-order valence-corrected chi connectivity index (χ0v) is 10.7. The Morgan fingerprint density at radius 2 is 1.94 bits per heavy atom. The minimum atomic E-state index is -0.564. The second kappa shape index (κ2) is 5.22. The third-order valence-corrected chi connectivity index (χ3v) is 3.85. The molecule has 1 saturated carbocycles. The van der Waals surface area contributed by atoms with Gasteiger partial charge >= 0.3 is 0 Å². The van der Waals surface area contributed by atoms with Crippen molar-refractivity contribution in [2.75, 3.05) is 7.05 Å². The number of benzene rings is 1. The molecule has 0 atom stereocenters. The van der Waals surface area contributed by atoms with Gasteiger partial charge in [-0.15, -0.1) is 0 Å². The van der Waals surface area contributed by atoms with Crippen LogP contribution in [0.2, 0.25) is 0 Å². The summed E-state index contributed by atoms with van der Waals surface area (Å²) in [5.74, 6) is 0.0321. The van der Waals surface area contributed by atoms with Gasteiger partial charge in [-0.3, -0.25) is 4.79 Å². The second-order valence-corrected chi connectivity index (χ2v) is 4.97. The number of carbonyl (C=O) groups excluding carboxylic acids is 1. The normalized spacial score (nSPS) is 17.1. The van der Waals surface area contributed by atoms with Crippen molar-refractivity contribution in [2.45, 2.75) is 37.6 Å². The van der Waals surface area contributed by atoms with Gasteiger partial charge in [0.05, 0.1) is 12.5 Å². The highest BCUT2D eigenvalue weighted by Gasteiger charge is 2.40. The highest BCUT2D eigenvalue weighted by atomic mass is 16.2. The van der Waals surface area contributed by atoms with Crippen molar-refractivity contribution in [1.29, 1.82) is 5.26 Å². The first kappa shape index (κ1) is 12.6. The molecule has 3 heteroatoms. The highest BCUT2D eigenvalue weighted by molar-refractivity contribution is 5.79. The van der Waals surface area contributed by atoms with Crippen LogP contribution in [0.1, 0.15) is 31.2 Å². The molecule has 18 heavy (non-hydrogen) atoms. The van der Waals surface area contributed by atoms with Gasteiger partial charge in [-0.2, -0.15) is 5.26 Å². The number of carbonyl (C=O) groups is 1. The van der Waals surface area contributed by atoms with Crippen LogP contribution in [0.4, 0.5) is 0 Å². The summed E-state index contributed by atoms with van der Waals surface area (Å²) in [5, 5.41) is 9.36. The van der Waals surface area contributed by atoms with Crippen LogP contribution in [-0.4, -0.2) is 23.4 Å². The molecule has 0 saturated heterocycles. The lowest BCUT2D eigenvalue weighted by molar-refractivity contribution is -0.133. The maximum absolute atomic E-state index is 12.2. The molecule has 0 aromatic heterocycles. The molecule has 0 heterocycles. The third-order valence-electron chi connectivity index (χ3n) is 3.85. The van der Waals surface area contributed by atoms with Gasteiger partial charge in [0.25, 0.3) is 0 Å². The smallest absolute Gasteiger partial charge is 0.228 e. The van der Waals surface area contributed by atoms with E-state index in [9.17, 15) is 10.1 Å². The van der Waals surface area contributed by atoms with E-state index >= 15 is 0 Å². The van der Waals surface area contributed by atoms with E-state index in [-0.39, 0.29) is 5.91 Å². The number of nitrogens with zero attached hydrogens (tertiary/aromatic N) is 2. The Morgan fingerprint density at radius 1 is 1.33 bits per heavy atom. The number of rotatable bonds is 3. The average Bonchev–Trinajstić information content (AvgIpc) is 2.89. The van der Waals surface area contributed by atoms with Crippen molar-refractivity contribution in [1.82, 2.24) is 4.90 Å². The predicted octanol–water partition coefficient (Wildman–Crippen LogP) is 2.52. The molecule has 0 radical (unpaired) electrons. The number of likely N-dealkylation sites (N-methyl/N-ethyl adjacent to an activating group) is 1. The molecule has 1 aromatic rings. The largest absolute Gasteiger partial charge is 0.327 e. The Bertz CT molecular complexity index is 455. The summed E-state index contributed by atoms with van der Waals surface area (Å²) in [6.07, 6.45) is 4.06. The van der Waals surface area contributed by atoms with E-state index in [1.54, 1.807) is 11.9 Å². The van der Waals surface area contributed by atoms with Crippen LogP contribution in [0.15, 0.2) is 30.3 Å². The molecule has 0 aliphatic heterocycles. The molecule has 1 aliphatic rings. The maximum atomic E-state index is 12.2. The summed E-state index contributed by atoms with van der Waals surface area (Å²) in [6, 6.07) is 12.0. The summed E-state index contributed by atoms with van der Waals surface area (Å²) in [5.41, 5.74) is 0.437. The molecule has 0 bridgehead atoms. The molecule has 0 N–H and O–H groups in total. The molecule has 3 nitrogen and oxygen atoms in total. The van der Waals surface area contributed by atoms with Crippen LogP contribution in [0, 0.1) is 11.3 Å². The van der Waals surface area contributed by atoms with Crippen LogP contribution < -0.4 is 0 Å². The molecule has 94 valence electrons. The van der Waals surface area contributed by atoms with Crippen LogP contribution in [0.5, 0.6) is 0 Å². The number of hydrogen-bond acceptors (Lipinski definition) is 2. The van der Waals surface area contributed by atoms with Crippen molar-refractivity contribution in [2.24, 2.45) is 0 Å². The van der Waals surface area contributed by atoms with Gasteiger partial charge in [0.15, 0.2) is 0 Å². The molecule has 1 aromatic carbocycles. The fourth-order valence-corrected chi connectivity index (χ4v) is 2.61. The molecule has 0 unspecified atom stereocenters. The van der Waals surface area contributed by atoms with E-state index in [1.807, 2.05) is 30.3 Å². The van der Waals surface area contributed by atoms with E-state index in [0.717, 1.165) is 31.2 Å². The van der Waals surface area contributed by atoms with E-state index in [2.05, 4.69) is 6.07 Å². The van der Waals surface area contributed by atoms with Gasteiger partial charge < -0.3 is 4.90 Å². The summed E-state index contributed by atoms with van der Waals surface area (Å²) in [7, 11) is 1.76. The van der Waals surface area contributed by atoms with Crippen LogP contribution in [0.25, 0.3) is 0 Å². The topological polar surface area (TPSA) is 44.1 Å². The summed E-state index contributed by atoms with van der Waals surface area (Å²) in [6.45, 7) is 0. The van der Waals surface area contributed by atoms with E-state index in [4.69, 9.17) is 0 Å². The predicted molar refractivity (Wildman–Crippen MR) is 69.7 cm³/mol. The summed E-state index contributed by atoms with van der Waals surface area (Å²) >= 11 is 0. The van der Waals surface area contributed by atoms with Gasteiger partial charge in [0.2, 0.25) is 5.91 Å². The lowest BCUT2D eigenvalue weighted by Gasteiger charge is -2.32. The van der Waals surface area contributed by atoms with Crippen molar-refractivity contribution in [3.05, 3.63) is 35.9 Å². The Kier molecular flexibility index (Phi) is 3.66. The molecular formula is C15H18N2O. The van der Waals surface area contributed by atoms with Crippen LogP contribution in [0.3, 0.4) is 0 Å². The Labute approximate surface area is 108 Å². The fraction of sp³-hybridized carbons (Fsp3) is 0.467. The fourth-order valence-electron chi connectivity index (χ4n) is 2.61. The molecule has 1 fully saturated rings. The van der Waals surface area contributed by atoms with Crippen molar-refractivity contribution < 1.29 is 4.79 Å². The first-order valence-corrected chi connectivity index (χ1v) is 6.40. The lowest BCUT2D eigenvalue weighted by Crippen LogP contribution is -2.47. The van der Waals surface area contributed by atoms with Crippen molar-refractivity contribution in [3.63, 3.8) is 0 Å². The summed E-state index contributed by atoms with van der Waals surface area (Å²) < 4.78 is 0. The van der Waals surface area contributed by atoms with Gasteiger partial charge in [-0.25, -0.2) is 0 Å². The van der Waals surface area contributed by atoms with Crippen molar-refractivity contribution >= 4 is 5.91 Å². The lowest BCUT2D eigenvalue weighted by atomic mass is 9.97. The SMILES string of the molecule is CN(C(=O)Cc1ccccc1)C1(C#N)CCCC1.